The summed E-state index contributed by atoms with van der Waals surface area (Å²) in [5, 5.41) is 11.9. The molecule has 1 aromatic carbocycles. The van der Waals surface area contributed by atoms with Gasteiger partial charge in [0.15, 0.2) is 0 Å². The largest absolute Gasteiger partial charge is 0.363 e. The number of rotatable bonds is 5. The van der Waals surface area contributed by atoms with Gasteiger partial charge in [-0.3, -0.25) is 15.0 Å². The average molecular weight is 356 g/mol. The highest BCUT2D eigenvalue weighted by atomic mass is 79.9. The molecule has 1 unspecified atom stereocenters. The number of nitrogens with zero attached hydrogens (tertiary/aromatic N) is 3. The maximum absolute atomic E-state index is 11.3. The first-order chi connectivity index (χ1) is 10.1. The van der Waals surface area contributed by atoms with Crippen LogP contribution in [0.5, 0.6) is 0 Å². The SMILES string of the molecule is CCC(C)N1CCN(c2ccc(CBr)cc2[N+](=O)[O-])CC1. The van der Waals surface area contributed by atoms with Crippen LogP contribution in [0.4, 0.5) is 11.4 Å². The van der Waals surface area contributed by atoms with E-state index in [0.29, 0.717) is 11.4 Å². The van der Waals surface area contributed by atoms with E-state index in [4.69, 9.17) is 0 Å². The minimum atomic E-state index is -0.275. The molecule has 0 radical (unpaired) electrons. The maximum Gasteiger partial charge on any atom is 0.292 e. The number of anilines is 1. The maximum atomic E-state index is 11.3. The van der Waals surface area contributed by atoms with Crippen LogP contribution in [0.1, 0.15) is 25.8 Å². The van der Waals surface area contributed by atoms with Crippen LogP contribution < -0.4 is 4.90 Å². The van der Waals surface area contributed by atoms with Crippen molar-refractivity contribution < 1.29 is 4.92 Å². The van der Waals surface area contributed by atoms with E-state index in [0.717, 1.165) is 43.9 Å². The molecular weight excluding hydrogens is 334 g/mol. The summed E-state index contributed by atoms with van der Waals surface area (Å²) in [6.45, 7) is 8.06. The van der Waals surface area contributed by atoms with Crippen LogP contribution in [0.3, 0.4) is 0 Å². The van der Waals surface area contributed by atoms with Gasteiger partial charge in [0.2, 0.25) is 0 Å². The summed E-state index contributed by atoms with van der Waals surface area (Å²) < 4.78 is 0. The summed E-state index contributed by atoms with van der Waals surface area (Å²) >= 11 is 3.35. The molecule has 1 aliphatic heterocycles. The molecule has 21 heavy (non-hydrogen) atoms. The molecule has 0 bridgehead atoms. The van der Waals surface area contributed by atoms with E-state index >= 15 is 0 Å². The second-order valence-electron chi connectivity index (χ2n) is 5.49. The van der Waals surface area contributed by atoms with Crippen molar-refractivity contribution in [3.8, 4) is 0 Å². The molecule has 0 amide bonds. The Bertz CT molecular complexity index is 502. The normalized spacial score (nSPS) is 17.8. The monoisotopic (exact) mass is 355 g/mol. The van der Waals surface area contributed by atoms with Crippen molar-refractivity contribution in [1.82, 2.24) is 4.90 Å². The quantitative estimate of drug-likeness (QED) is 0.461. The topological polar surface area (TPSA) is 49.6 Å². The second-order valence-corrected chi connectivity index (χ2v) is 6.05. The summed E-state index contributed by atoms with van der Waals surface area (Å²) in [6, 6.07) is 6.09. The average Bonchev–Trinajstić information content (AvgIpc) is 2.53. The molecule has 1 aromatic rings. The van der Waals surface area contributed by atoms with Gasteiger partial charge in [-0.1, -0.05) is 28.9 Å². The number of benzene rings is 1. The third kappa shape index (κ3) is 3.74. The summed E-state index contributed by atoms with van der Waals surface area (Å²) in [6.07, 6.45) is 1.14. The first-order valence-corrected chi connectivity index (χ1v) is 8.51. The van der Waals surface area contributed by atoms with Crippen molar-refractivity contribution in [2.45, 2.75) is 31.6 Å². The van der Waals surface area contributed by atoms with E-state index in [1.165, 1.54) is 0 Å². The van der Waals surface area contributed by atoms with Crippen molar-refractivity contribution in [3.63, 3.8) is 0 Å². The molecule has 6 heteroatoms. The standard InChI is InChI=1S/C15H22BrN3O2/c1-3-12(2)17-6-8-18(9-7-17)14-5-4-13(11-16)10-15(14)19(20)21/h4-5,10,12H,3,6-9,11H2,1-2H3. The van der Waals surface area contributed by atoms with Crippen molar-refractivity contribution >= 4 is 27.3 Å². The molecule has 0 N–H and O–H groups in total. The molecule has 1 aliphatic rings. The van der Waals surface area contributed by atoms with Crippen LogP contribution >= 0.6 is 15.9 Å². The second kappa shape index (κ2) is 7.22. The Kier molecular flexibility index (Phi) is 5.58. The number of hydrogen-bond donors (Lipinski definition) is 0. The zero-order chi connectivity index (χ0) is 15.4. The zero-order valence-electron chi connectivity index (χ0n) is 12.6. The Morgan fingerprint density at radius 1 is 1.33 bits per heavy atom. The van der Waals surface area contributed by atoms with Gasteiger partial charge in [0.05, 0.1) is 4.92 Å². The first-order valence-electron chi connectivity index (χ1n) is 7.39. The van der Waals surface area contributed by atoms with Gasteiger partial charge in [-0.2, -0.15) is 0 Å². The number of nitro groups is 1. The van der Waals surface area contributed by atoms with Gasteiger partial charge < -0.3 is 4.90 Å². The van der Waals surface area contributed by atoms with E-state index in [2.05, 4.69) is 39.6 Å². The van der Waals surface area contributed by atoms with E-state index in [-0.39, 0.29) is 10.6 Å². The molecule has 2 rings (SSSR count). The lowest BCUT2D eigenvalue weighted by atomic mass is 10.1. The predicted molar refractivity (Wildman–Crippen MR) is 89.3 cm³/mol. The molecule has 1 atom stereocenters. The van der Waals surface area contributed by atoms with E-state index in [9.17, 15) is 10.1 Å². The molecule has 0 aromatic heterocycles. The van der Waals surface area contributed by atoms with Gasteiger partial charge >= 0.3 is 0 Å². The lowest BCUT2D eigenvalue weighted by Gasteiger charge is -2.38. The fourth-order valence-electron chi connectivity index (χ4n) is 2.73. The third-order valence-electron chi connectivity index (χ3n) is 4.26. The van der Waals surface area contributed by atoms with Crippen LogP contribution in [-0.4, -0.2) is 42.0 Å². The Labute approximate surface area is 134 Å². The zero-order valence-corrected chi connectivity index (χ0v) is 14.2. The Morgan fingerprint density at radius 3 is 2.52 bits per heavy atom. The van der Waals surface area contributed by atoms with Gasteiger partial charge in [0.1, 0.15) is 5.69 Å². The van der Waals surface area contributed by atoms with Crippen molar-refractivity contribution in [3.05, 3.63) is 33.9 Å². The highest BCUT2D eigenvalue weighted by Crippen LogP contribution is 2.31. The smallest absolute Gasteiger partial charge is 0.292 e. The lowest BCUT2D eigenvalue weighted by molar-refractivity contribution is -0.384. The fraction of sp³-hybridized carbons (Fsp3) is 0.600. The van der Waals surface area contributed by atoms with E-state index in [1.54, 1.807) is 6.07 Å². The lowest BCUT2D eigenvalue weighted by Crippen LogP contribution is -2.49. The molecule has 116 valence electrons. The highest BCUT2D eigenvalue weighted by molar-refractivity contribution is 9.08. The minimum Gasteiger partial charge on any atom is -0.363 e. The number of halogens is 1. The van der Waals surface area contributed by atoms with Crippen LogP contribution in [0, 0.1) is 10.1 Å². The highest BCUT2D eigenvalue weighted by Gasteiger charge is 2.25. The van der Waals surface area contributed by atoms with Crippen LogP contribution in [0.15, 0.2) is 18.2 Å². The van der Waals surface area contributed by atoms with Gasteiger partial charge in [-0.25, -0.2) is 0 Å². The Balaban J connectivity index is 2.14. The fourth-order valence-corrected chi connectivity index (χ4v) is 3.08. The molecule has 5 nitrogen and oxygen atoms in total. The molecule has 0 spiro atoms. The van der Waals surface area contributed by atoms with Crippen LogP contribution in [0.2, 0.25) is 0 Å². The number of piperazine rings is 1. The van der Waals surface area contributed by atoms with Crippen molar-refractivity contribution in [1.29, 1.82) is 0 Å². The van der Waals surface area contributed by atoms with Gasteiger partial charge in [-0.05, 0) is 25.0 Å². The van der Waals surface area contributed by atoms with Crippen LogP contribution in [0.25, 0.3) is 0 Å². The molecule has 0 saturated carbocycles. The first kappa shape index (κ1) is 16.2. The Morgan fingerprint density at radius 2 is 2.00 bits per heavy atom. The van der Waals surface area contributed by atoms with Gasteiger partial charge in [-0.15, -0.1) is 0 Å². The summed E-state index contributed by atoms with van der Waals surface area (Å²) in [4.78, 5) is 15.6. The molecular formula is C15H22BrN3O2. The van der Waals surface area contributed by atoms with Gasteiger partial charge in [0, 0.05) is 43.6 Å². The molecule has 1 fully saturated rings. The number of hydrogen-bond acceptors (Lipinski definition) is 4. The Hall–Kier alpha value is -1.14. The van der Waals surface area contributed by atoms with Crippen molar-refractivity contribution in [2.24, 2.45) is 0 Å². The van der Waals surface area contributed by atoms with E-state index < -0.39 is 0 Å². The summed E-state index contributed by atoms with van der Waals surface area (Å²) in [5.41, 5.74) is 1.89. The molecule has 1 saturated heterocycles. The molecule has 0 aliphatic carbocycles. The van der Waals surface area contributed by atoms with Crippen molar-refractivity contribution in [2.75, 3.05) is 31.1 Å². The third-order valence-corrected chi connectivity index (χ3v) is 4.91. The summed E-state index contributed by atoms with van der Waals surface area (Å²) in [7, 11) is 0. The number of nitro benzene ring substituents is 1. The predicted octanol–water partition coefficient (Wildman–Crippen LogP) is 3.41. The minimum absolute atomic E-state index is 0.212. The van der Waals surface area contributed by atoms with Crippen LogP contribution in [-0.2, 0) is 5.33 Å². The van der Waals surface area contributed by atoms with Gasteiger partial charge in [0.25, 0.3) is 5.69 Å². The van der Waals surface area contributed by atoms with E-state index in [1.807, 2.05) is 12.1 Å². The summed E-state index contributed by atoms with van der Waals surface area (Å²) in [5.74, 6) is 0. The molecule has 1 heterocycles. The number of alkyl halides is 1.